The highest BCUT2D eigenvalue weighted by molar-refractivity contribution is 6.06. The van der Waals surface area contributed by atoms with Crippen molar-refractivity contribution >= 4 is 27.7 Å². The van der Waals surface area contributed by atoms with E-state index in [1.54, 1.807) is 6.33 Å². The van der Waals surface area contributed by atoms with Crippen molar-refractivity contribution in [3.63, 3.8) is 0 Å². The zero-order chi connectivity index (χ0) is 22.7. The monoisotopic (exact) mass is 433 g/mol. The molecule has 0 radical (unpaired) electrons. The molecule has 0 saturated heterocycles. The summed E-state index contributed by atoms with van der Waals surface area (Å²) in [4.78, 5) is 13.1. The summed E-state index contributed by atoms with van der Waals surface area (Å²) in [5.41, 5.74) is 7.36. The molecule has 0 bridgehead atoms. The second-order valence-electron chi connectivity index (χ2n) is 9.37. The van der Waals surface area contributed by atoms with Crippen molar-refractivity contribution in [3.8, 4) is 16.8 Å². The van der Waals surface area contributed by atoms with Crippen molar-refractivity contribution in [1.29, 1.82) is 0 Å². The maximum absolute atomic E-state index is 4.75. The summed E-state index contributed by atoms with van der Waals surface area (Å²) in [6, 6.07) is 15.0. The van der Waals surface area contributed by atoms with Crippen molar-refractivity contribution in [2.75, 3.05) is 0 Å². The van der Waals surface area contributed by atoms with Crippen LogP contribution in [0.15, 0.2) is 67.4 Å². The predicted octanol–water partition coefficient (Wildman–Crippen LogP) is 5.28. The van der Waals surface area contributed by atoms with Crippen molar-refractivity contribution in [2.45, 2.75) is 33.1 Å². The van der Waals surface area contributed by atoms with Crippen molar-refractivity contribution < 1.29 is 0 Å². The number of imidazole rings is 1. The first-order chi connectivity index (χ1) is 15.9. The van der Waals surface area contributed by atoms with Crippen LogP contribution >= 0.6 is 0 Å². The van der Waals surface area contributed by atoms with E-state index in [1.807, 2.05) is 31.6 Å². The third kappa shape index (κ3) is 3.00. The summed E-state index contributed by atoms with van der Waals surface area (Å²) < 4.78 is 4.24. The van der Waals surface area contributed by atoms with Crippen LogP contribution in [0.1, 0.15) is 32.2 Å². The Morgan fingerprint density at radius 1 is 0.818 bits per heavy atom. The molecule has 0 aliphatic carbocycles. The van der Waals surface area contributed by atoms with Gasteiger partial charge in [0.2, 0.25) is 5.78 Å². The molecule has 0 aliphatic heterocycles. The lowest BCUT2D eigenvalue weighted by molar-refractivity contribution is 0.590. The highest BCUT2D eigenvalue weighted by atomic mass is 15.3. The zero-order valence-corrected chi connectivity index (χ0v) is 19.0. The van der Waals surface area contributed by atoms with E-state index >= 15 is 0 Å². The second-order valence-corrected chi connectivity index (χ2v) is 9.37. The lowest BCUT2D eigenvalue weighted by atomic mass is 9.87. The average molecular weight is 434 g/mol. The number of aromatic nitrogens is 7. The average Bonchev–Trinajstić information content (AvgIpc) is 3.36. The molecule has 0 saturated carbocycles. The van der Waals surface area contributed by atoms with Gasteiger partial charge in [-0.15, -0.1) is 10.2 Å². The van der Waals surface area contributed by atoms with Crippen molar-refractivity contribution in [3.05, 3.63) is 78.8 Å². The second kappa shape index (κ2) is 6.93. The van der Waals surface area contributed by atoms with Gasteiger partial charge in [0.25, 0.3) is 0 Å². The van der Waals surface area contributed by atoms with Crippen LogP contribution < -0.4 is 0 Å². The molecule has 2 aromatic carbocycles. The zero-order valence-electron chi connectivity index (χ0n) is 19.0. The minimum atomic E-state index is 0.0847. The van der Waals surface area contributed by atoms with E-state index < -0.39 is 0 Å². The van der Waals surface area contributed by atoms with E-state index in [4.69, 9.17) is 4.98 Å². The molecule has 4 heterocycles. The van der Waals surface area contributed by atoms with Crippen LogP contribution in [0.5, 0.6) is 0 Å². The van der Waals surface area contributed by atoms with Gasteiger partial charge in [0, 0.05) is 29.0 Å². The minimum Gasteiger partial charge on any atom is -0.276 e. The predicted molar refractivity (Wildman–Crippen MR) is 130 cm³/mol. The molecule has 7 heteroatoms. The Bertz CT molecular complexity index is 1640. The number of hydrogen-bond acceptors (Lipinski definition) is 5. The highest BCUT2D eigenvalue weighted by Crippen LogP contribution is 2.33. The fraction of sp³-hybridized carbons (Fsp3) is 0.192. The summed E-state index contributed by atoms with van der Waals surface area (Å²) >= 11 is 0. The molecule has 0 aliphatic rings. The van der Waals surface area contributed by atoms with E-state index in [-0.39, 0.29) is 5.41 Å². The Balaban J connectivity index is 1.70. The number of aryl methyl sites for hydroxylation is 1. The van der Waals surface area contributed by atoms with Gasteiger partial charge in [-0.3, -0.25) is 14.0 Å². The molecule has 6 aromatic rings. The Kier molecular flexibility index (Phi) is 4.11. The molecule has 0 atom stereocenters. The normalized spacial score (nSPS) is 12.2. The van der Waals surface area contributed by atoms with E-state index in [0.717, 1.165) is 50.4 Å². The number of nitrogens with zero attached hydrogens (tertiary/aromatic N) is 7. The largest absolute Gasteiger partial charge is 0.276 e. The smallest absolute Gasteiger partial charge is 0.241 e. The van der Waals surface area contributed by atoms with Crippen molar-refractivity contribution in [2.24, 2.45) is 0 Å². The van der Waals surface area contributed by atoms with Gasteiger partial charge in [0.1, 0.15) is 12.2 Å². The molecule has 7 nitrogen and oxygen atoms in total. The SMILES string of the molecule is Cc1nnc2n(-c3ccc(C(C)(C)C)cc3)c3c4cc(-c5cncnc5)ccc4ncc3n12. The Hall–Kier alpha value is -4.13. The number of hydrogen-bond donors (Lipinski definition) is 0. The number of rotatable bonds is 2. The maximum Gasteiger partial charge on any atom is 0.241 e. The molecule has 33 heavy (non-hydrogen) atoms. The van der Waals surface area contributed by atoms with Crippen LogP contribution in [0.25, 0.3) is 44.5 Å². The Morgan fingerprint density at radius 2 is 1.58 bits per heavy atom. The van der Waals surface area contributed by atoms with E-state index in [1.165, 1.54) is 5.56 Å². The molecular weight excluding hydrogens is 410 g/mol. The molecule has 162 valence electrons. The lowest BCUT2D eigenvalue weighted by Gasteiger charge is -2.19. The topological polar surface area (TPSA) is 73.8 Å². The summed E-state index contributed by atoms with van der Waals surface area (Å²) in [7, 11) is 0. The first-order valence-corrected chi connectivity index (χ1v) is 10.9. The van der Waals surface area contributed by atoms with Crippen molar-refractivity contribution in [1.82, 2.24) is 34.1 Å². The molecule has 0 fully saturated rings. The van der Waals surface area contributed by atoms with Crippen LogP contribution in [-0.4, -0.2) is 34.1 Å². The van der Waals surface area contributed by atoms with E-state index in [9.17, 15) is 0 Å². The maximum atomic E-state index is 4.75. The fourth-order valence-electron chi connectivity index (χ4n) is 4.43. The van der Waals surface area contributed by atoms with Gasteiger partial charge in [0.05, 0.1) is 22.7 Å². The molecule has 0 amide bonds. The van der Waals surface area contributed by atoms with Gasteiger partial charge >= 0.3 is 0 Å². The van der Waals surface area contributed by atoms with Gasteiger partial charge in [-0.05, 0) is 47.7 Å². The Labute approximate surface area is 190 Å². The van der Waals surface area contributed by atoms with Crippen LogP contribution in [0.2, 0.25) is 0 Å². The number of benzene rings is 2. The van der Waals surface area contributed by atoms with E-state index in [2.05, 4.69) is 86.3 Å². The third-order valence-electron chi connectivity index (χ3n) is 6.18. The summed E-state index contributed by atoms with van der Waals surface area (Å²) in [5, 5.41) is 9.90. The van der Waals surface area contributed by atoms with Gasteiger partial charge in [0.15, 0.2) is 0 Å². The first kappa shape index (κ1) is 19.5. The lowest BCUT2D eigenvalue weighted by Crippen LogP contribution is -2.10. The van der Waals surface area contributed by atoms with Crippen LogP contribution in [0.3, 0.4) is 0 Å². The quantitative estimate of drug-likeness (QED) is 0.371. The van der Waals surface area contributed by atoms with Gasteiger partial charge in [-0.1, -0.05) is 39.0 Å². The molecular formula is C26H23N7. The Morgan fingerprint density at radius 3 is 2.30 bits per heavy atom. The molecule has 0 N–H and O–H groups in total. The highest BCUT2D eigenvalue weighted by Gasteiger charge is 2.20. The minimum absolute atomic E-state index is 0.0847. The third-order valence-corrected chi connectivity index (χ3v) is 6.18. The fourth-order valence-corrected chi connectivity index (χ4v) is 4.43. The van der Waals surface area contributed by atoms with Crippen LogP contribution in [0, 0.1) is 6.92 Å². The number of pyridine rings is 1. The van der Waals surface area contributed by atoms with Crippen LogP contribution in [0.4, 0.5) is 0 Å². The standard InChI is InChI=1S/C26H23N7/c1-16-30-31-25-32(16)23-14-29-22-10-5-17(18-12-27-15-28-13-18)11-21(22)24(23)33(25)20-8-6-19(7-9-20)26(2,3)4/h5-15H,1-4H3. The summed E-state index contributed by atoms with van der Waals surface area (Å²) in [5.74, 6) is 1.60. The first-order valence-electron chi connectivity index (χ1n) is 10.9. The summed E-state index contributed by atoms with van der Waals surface area (Å²) in [6.07, 6.45) is 7.10. The molecule has 6 rings (SSSR count). The van der Waals surface area contributed by atoms with Crippen LogP contribution in [-0.2, 0) is 5.41 Å². The summed E-state index contributed by atoms with van der Waals surface area (Å²) in [6.45, 7) is 8.64. The van der Waals surface area contributed by atoms with Gasteiger partial charge in [-0.25, -0.2) is 9.97 Å². The number of fused-ring (bicyclic) bond motifs is 5. The van der Waals surface area contributed by atoms with Gasteiger partial charge in [-0.2, -0.15) is 0 Å². The van der Waals surface area contributed by atoms with Gasteiger partial charge < -0.3 is 0 Å². The molecule has 0 unspecified atom stereocenters. The van der Waals surface area contributed by atoms with E-state index in [0.29, 0.717) is 0 Å². The molecule has 0 spiro atoms. The molecule has 4 aromatic heterocycles.